The lowest BCUT2D eigenvalue weighted by molar-refractivity contribution is 0.303. The van der Waals surface area contributed by atoms with Crippen LogP contribution in [0.1, 0.15) is 38.7 Å². The average molecular weight is 247 g/mol. The first-order valence-corrected chi connectivity index (χ1v) is 7.12. The van der Waals surface area contributed by atoms with Crippen LogP contribution in [0.3, 0.4) is 0 Å². The monoisotopic (exact) mass is 247 g/mol. The van der Waals surface area contributed by atoms with Crippen LogP contribution in [-0.4, -0.2) is 19.2 Å². The molecule has 1 fully saturated rings. The summed E-state index contributed by atoms with van der Waals surface area (Å²) in [6.07, 6.45) is 5.26. The van der Waals surface area contributed by atoms with E-state index in [-0.39, 0.29) is 0 Å². The van der Waals surface area contributed by atoms with E-state index in [0.717, 1.165) is 12.2 Å². The molecule has 1 aliphatic rings. The predicted octanol–water partition coefficient (Wildman–Crippen LogP) is 3.40. The molecule has 1 aliphatic carbocycles. The molecule has 2 heteroatoms. The van der Waals surface area contributed by atoms with Crippen molar-refractivity contribution in [3.63, 3.8) is 0 Å². The van der Waals surface area contributed by atoms with Gasteiger partial charge in [-0.05, 0) is 56.3 Å². The molecule has 0 radical (unpaired) electrons. The quantitative estimate of drug-likeness (QED) is 0.797. The molecule has 0 heterocycles. The summed E-state index contributed by atoms with van der Waals surface area (Å²) in [6.45, 7) is 4.54. The van der Waals surface area contributed by atoms with Gasteiger partial charge < -0.3 is 10.1 Å². The molecule has 1 aromatic rings. The van der Waals surface area contributed by atoms with E-state index in [1.165, 1.54) is 24.8 Å². The van der Waals surface area contributed by atoms with Gasteiger partial charge in [0.05, 0.1) is 6.10 Å². The van der Waals surface area contributed by atoms with Crippen LogP contribution in [0.15, 0.2) is 24.3 Å². The van der Waals surface area contributed by atoms with E-state index in [1.54, 1.807) is 0 Å². The number of ether oxygens (including phenoxy) is 1. The van der Waals surface area contributed by atoms with Gasteiger partial charge in [0.15, 0.2) is 0 Å². The molecule has 0 aromatic heterocycles. The summed E-state index contributed by atoms with van der Waals surface area (Å²) in [5.41, 5.74) is 1.40. The van der Waals surface area contributed by atoms with Crippen LogP contribution < -0.4 is 10.1 Å². The van der Waals surface area contributed by atoms with Gasteiger partial charge in [-0.25, -0.2) is 0 Å². The van der Waals surface area contributed by atoms with Crippen LogP contribution in [-0.2, 0) is 6.42 Å². The van der Waals surface area contributed by atoms with Crippen LogP contribution >= 0.6 is 0 Å². The number of nitrogens with one attached hydrogen (secondary N) is 1. The normalized spacial score (nSPS) is 16.9. The van der Waals surface area contributed by atoms with Crippen molar-refractivity contribution in [2.75, 3.05) is 7.05 Å². The Balaban J connectivity index is 1.81. The molecule has 1 unspecified atom stereocenters. The number of benzene rings is 1. The highest BCUT2D eigenvalue weighted by Crippen LogP contribution is 2.26. The van der Waals surface area contributed by atoms with E-state index in [2.05, 4.69) is 50.5 Å². The van der Waals surface area contributed by atoms with Crippen LogP contribution in [0.25, 0.3) is 0 Å². The molecule has 1 aromatic carbocycles. The summed E-state index contributed by atoms with van der Waals surface area (Å²) < 4.78 is 5.75. The van der Waals surface area contributed by atoms with Crippen molar-refractivity contribution in [1.82, 2.24) is 5.32 Å². The van der Waals surface area contributed by atoms with E-state index >= 15 is 0 Å². The fourth-order valence-corrected chi connectivity index (χ4v) is 2.25. The number of hydrogen-bond acceptors (Lipinski definition) is 2. The number of aryl methyl sites for hydroxylation is 1. The molecule has 100 valence electrons. The van der Waals surface area contributed by atoms with Gasteiger partial charge in [-0.2, -0.15) is 0 Å². The third-order valence-electron chi connectivity index (χ3n) is 3.67. The summed E-state index contributed by atoms with van der Waals surface area (Å²) in [7, 11) is 2.05. The Kier molecular flexibility index (Phi) is 4.65. The zero-order valence-corrected chi connectivity index (χ0v) is 11.8. The molecule has 18 heavy (non-hydrogen) atoms. The van der Waals surface area contributed by atoms with E-state index < -0.39 is 0 Å². The highest BCUT2D eigenvalue weighted by Gasteiger charge is 2.23. The van der Waals surface area contributed by atoms with Crippen molar-refractivity contribution >= 4 is 0 Å². The molecule has 0 bridgehead atoms. The molecule has 0 spiro atoms. The fourth-order valence-electron chi connectivity index (χ4n) is 2.25. The summed E-state index contributed by atoms with van der Waals surface area (Å²) in [6, 6.07) is 9.22. The smallest absolute Gasteiger partial charge is 0.119 e. The van der Waals surface area contributed by atoms with Gasteiger partial charge in [-0.1, -0.05) is 26.0 Å². The molecule has 0 amide bonds. The lowest BCUT2D eigenvalue weighted by atomic mass is 9.97. The number of rotatable bonds is 7. The molecule has 2 rings (SSSR count). The molecule has 1 saturated carbocycles. The zero-order chi connectivity index (χ0) is 13.0. The molecular formula is C16H25NO. The van der Waals surface area contributed by atoms with Crippen LogP contribution in [0, 0.1) is 5.92 Å². The maximum Gasteiger partial charge on any atom is 0.119 e. The Morgan fingerprint density at radius 1 is 1.22 bits per heavy atom. The van der Waals surface area contributed by atoms with E-state index in [0.29, 0.717) is 18.1 Å². The first-order chi connectivity index (χ1) is 8.69. The minimum atomic E-state index is 0.491. The lowest BCUT2D eigenvalue weighted by Crippen LogP contribution is -2.30. The number of hydrogen-bond donors (Lipinski definition) is 1. The predicted molar refractivity (Wildman–Crippen MR) is 76.1 cm³/mol. The maximum atomic E-state index is 5.75. The highest BCUT2D eigenvalue weighted by atomic mass is 16.5. The van der Waals surface area contributed by atoms with Gasteiger partial charge in [0.2, 0.25) is 0 Å². The maximum absolute atomic E-state index is 5.75. The van der Waals surface area contributed by atoms with Crippen molar-refractivity contribution in [1.29, 1.82) is 0 Å². The van der Waals surface area contributed by atoms with Gasteiger partial charge in [0.25, 0.3) is 0 Å². The summed E-state index contributed by atoms with van der Waals surface area (Å²) >= 11 is 0. The second-order valence-electron chi connectivity index (χ2n) is 5.64. The van der Waals surface area contributed by atoms with Gasteiger partial charge in [0, 0.05) is 6.04 Å². The summed E-state index contributed by atoms with van der Waals surface area (Å²) in [5, 5.41) is 3.39. The molecule has 2 nitrogen and oxygen atoms in total. The SMILES string of the molecule is CNC(CCc1ccc(OC2CC2)cc1)C(C)C. The van der Waals surface area contributed by atoms with Gasteiger partial charge in [-0.15, -0.1) is 0 Å². The third-order valence-corrected chi connectivity index (χ3v) is 3.67. The van der Waals surface area contributed by atoms with Gasteiger partial charge in [-0.3, -0.25) is 0 Å². The Labute approximate surface area is 111 Å². The molecule has 1 N–H and O–H groups in total. The fraction of sp³-hybridized carbons (Fsp3) is 0.625. The zero-order valence-electron chi connectivity index (χ0n) is 11.8. The standard InChI is InChI=1S/C16H25NO/c1-12(2)16(17-3)11-6-13-4-7-14(8-5-13)18-15-9-10-15/h4-5,7-8,12,15-17H,6,9-11H2,1-3H3. The molecule has 0 saturated heterocycles. The van der Waals surface area contributed by atoms with Gasteiger partial charge >= 0.3 is 0 Å². The Bertz CT molecular complexity index is 354. The largest absolute Gasteiger partial charge is 0.490 e. The first-order valence-electron chi connectivity index (χ1n) is 7.12. The second kappa shape index (κ2) is 6.24. The van der Waals surface area contributed by atoms with Crippen molar-refractivity contribution in [2.24, 2.45) is 5.92 Å². The van der Waals surface area contributed by atoms with Crippen LogP contribution in [0.4, 0.5) is 0 Å². The average Bonchev–Trinajstić information content (AvgIpc) is 3.15. The van der Waals surface area contributed by atoms with Crippen molar-refractivity contribution in [2.45, 2.75) is 51.7 Å². The van der Waals surface area contributed by atoms with Gasteiger partial charge in [0.1, 0.15) is 5.75 Å². The molecule has 0 aliphatic heterocycles. The highest BCUT2D eigenvalue weighted by molar-refractivity contribution is 5.28. The van der Waals surface area contributed by atoms with E-state index in [4.69, 9.17) is 4.74 Å². The van der Waals surface area contributed by atoms with Crippen molar-refractivity contribution in [3.8, 4) is 5.75 Å². The lowest BCUT2D eigenvalue weighted by Gasteiger charge is -2.20. The molecule has 1 atom stereocenters. The second-order valence-corrected chi connectivity index (χ2v) is 5.64. The van der Waals surface area contributed by atoms with Crippen LogP contribution in [0.5, 0.6) is 5.75 Å². The molecular weight excluding hydrogens is 222 g/mol. The van der Waals surface area contributed by atoms with Crippen molar-refractivity contribution < 1.29 is 4.74 Å². The third kappa shape index (κ3) is 4.02. The van der Waals surface area contributed by atoms with Crippen molar-refractivity contribution in [3.05, 3.63) is 29.8 Å². The summed E-state index contributed by atoms with van der Waals surface area (Å²) in [4.78, 5) is 0. The first kappa shape index (κ1) is 13.4. The Morgan fingerprint density at radius 3 is 2.39 bits per heavy atom. The minimum Gasteiger partial charge on any atom is -0.490 e. The topological polar surface area (TPSA) is 21.3 Å². The van der Waals surface area contributed by atoms with E-state index in [9.17, 15) is 0 Å². The van der Waals surface area contributed by atoms with Crippen LogP contribution in [0.2, 0.25) is 0 Å². The van der Waals surface area contributed by atoms with E-state index in [1.807, 2.05) is 0 Å². The Morgan fingerprint density at radius 2 is 1.89 bits per heavy atom. The minimum absolute atomic E-state index is 0.491. The summed E-state index contributed by atoms with van der Waals surface area (Å²) in [5.74, 6) is 1.71. The Hall–Kier alpha value is -1.02.